The summed E-state index contributed by atoms with van der Waals surface area (Å²) in [6.45, 7) is 11.0. The van der Waals surface area contributed by atoms with Crippen LogP contribution in [0.5, 0.6) is 0 Å². The van der Waals surface area contributed by atoms with E-state index in [0.717, 1.165) is 6.42 Å². The van der Waals surface area contributed by atoms with Crippen LogP contribution in [0.4, 0.5) is 0 Å². The summed E-state index contributed by atoms with van der Waals surface area (Å²) >= 11 is 0. The van der Waals surface area contributed by atoms with Crippen LogP contribution in [0.25, 0.3) is 0 Å². The van der Waals surface area contributed by atoms with E-state index in [1.165, 1.54) is 0 Å². The predicted octanol–water partition coefficient (Wildman–Crippen LogP) is 2.78. The lowest BCUT2D eigenvalue weighted by atomic mass is 10.2. The summed E-state index contributed by atoms with van der Waals surface area (Å²) in [4.78, 5) is 0. The maximum atomic E-state index is 9.21. The van der Waals surface area contributed by atoms with Crippen molar-refractivity contribution in [1.29, 1.82) is 0 Å². The topological polar surface area (TPSA) is 29.5 Å². The Morgan fingerprint density at radius 1 is 1.40 bits per heavy atom. The first kappa shape index (κ1) is 14.7. The zero-order chi connectivity index (χ0) is 12.1. The molecule has 15 heavy (non-hydrogen) atoms. The van der Waals surface area contributed by atoms with E-state index in [0.29, 0.717) is 6.42 Å². The van der Waals surface area contributed by atoms with E-state index in [-0.39, 0.29) is 17.7 Å². The monoisotopic (exact) mass is 228 g/mol. The minimum Gasteiger partial charge on any atom is -0.412 e. The second-order valence-electron chi connectivity index (χ2n) is 5.43. The molecule has 88 valence electrons. The van der Waals surface area contributed by atoms with Crippen LogP contribution in [-0.2, 0) is 4.43 Å². The first-order valence-electron chi connectivity index (χ1n) is 5.46. The number of terminal acetylenes is 1. The van der Waals surface area contributed by atoms with Crippen molar-refractivity contribution in [3.8, 4) is 12.3 Å². The quantitative estimate of drug-likeness (QED) is 0.579. The second-order valence-corrected chi connectivity index (χ2v) is 10.2. The summed E-state index contributed by atoms with van der Waals surface area (Å²) in [5, 5.41) is 9.39. The Morgan fingerprint density at radius 3 is 2.27 bits per heavy atom. The zero-order valence-electron chi connectivity index (χ0n) is 10.6. The Labute approximate surface area is 95.2 Å². The lowest BCUT2D eigenvalue weighted by molar-refractivity contribution is 0.0972. The Bertz CT molecular complexity index is 223. The van der Waals surface area contributed by atoms with Crippen LogP contribution in [0, 0.1) is 12.3 Å². The average molecular weight is 228 g/mol. The third-order valence-electron chi connectivity index (χ3n) is 3.08. The van der Waals surface area contributed by atoms with Gasteiger partial charge in [0.15, 0.2) is 8.32 Å². The highest BCUT2D eigenvalue weighted by molar-refractivity contribution is 6.74. The predicted molar refractivity (Wildman–Crippen MR) is 67.2 cm³/mol. The van der Waals surface area contributed by atoms with Crippen LogP contribution in [0.3, 0.4) is 0 Å². The molecular formula is C12H24O2Si. The molecule has 0 aromatic rings. The summed E-state index contributed by atoms with van der Waals surface area (Å²) in [5.74, 6) is 2.58. The molecule has 0 saturated carbocycles. The Morgan fingerprint density at radius 2 is 1.93 bits per heavy atom. The summed E-state index contributed by atoms with van der Waals surface area (Å²) < 4.78 is 6.05. The first-order valence-corrected chi connectivity index (χ1v) is 8.37. The minimum atomic E-state index is -1.77. The van der Waals surface area contributed by atoms with Gasteiger partial charge in [-0.3, -0.25) is 0 Å². The molecule has 3 heteroatoms. The molecule has 0 aliphatic heterocycles. The normalized spacial score (nSPS) is 14.7. The van der Waals surface area contributed by atoms with Gasteiger partial charge >= 0.3 is 0 Å². The van der Waals surface area contributed by atoms with Crippen molar-refractivity contribution in [2.45, 2.75) is 57.8 Å². The minimum absolute atomic E-state index is 0.0637. The lowest BCUT2D eigenvalue weighted by Gasteiger charge is -2.38. The zero-order valence-corrected chi connectivity index (χ0v) is 11.6. The van der Waals surface area contributed by atoms with Gasteiger partial charge in [0.1, 0.15) is 0 Å². The third-order valence-corrected chi connectivity index (χ3v) is 7.62. The van der Waals surface area contributed by atoms with Gasteiger partial charge in [-0.1, -0.05) is 20.8 Å². The van der Waals surface area contributed by atoms with Crippen LogP contribution in [0.15, 0.2) is 0 Å². The van der Waals surface area contributed by atoms with Gasteiger partial charge in [0, 0.05) is 6.42 Å². The number of hydrogen-bond donors (Lipinski definition) is 1. The van der Waals surface area contributed by atoms with Crippen molar-refractivity contribution in [1.82, 2.24) is 0 Å². The van der Waals surface area contributed by atoms with E-state index >= 15 is 0 Å². The maximum absolute atomic E-state index is 9.21. The van der Waals surface area contributed by atoms with Gasteiger partial charge < -0.3 is 9.53 Å². The van der Waals surface area contributed by atoms with Crippen molar-refractivity contribution in [2.75, 3.05) is 6.61 Å². The summed E-state index contributed by atoms with van der Waals surface area (Å²) in [6, 6.07) is 0. The van der Waals surface area contributed by atoms with E-state index in [2.05, 4.69) is 39.8 Å². The average Bonchev–Trinajstić information content (AvgIpc) is 2.10. The summed E-state index contributed by atoms with van der Waals surface area (Å²) in [5.41, 5.74) is 0. The van der Waals surface area contributed by atoms with E-state index in [1.807, 2.05) is 0 Å². The first-order chi connectivity index (χ1) is 6.74. The molecular weight excluding hydrogens is 204 g/mol. The highest BCUT2D eigenvalue weighted by Crippen LogP contribution is 2.37. The van der Waals surface area contributed by atoms with Crippen molar-refractivity contribution < 1.29 is 9.53 Å². The molecule has 0 unspecified atom stereocenters. The fraction of sp³-hybridized carbons (Fsp3) is 0.833. The van der Waals surface area contributed by atoms with Crippen LogP contribution in [0.2, 0.25) is 18.1 Å². The maximum Gasteiger partial charge on any atom is 0.192 e. The molecule has 0 fully saturated rings. The van der Waals surface area contributed by atoms with Crippen molar-refractivity contribution in [3.05, 3.63) is 0 Å². The number of aliphatic hydroxyl groups excluding tert-OH is 1. The van der Waals surface area contributed by atoms with Crippen LogP contribution in [-0.4, -0.2) is 26.1 Å². The van der Waals surface area contributed by atoms with E-state index < -0.39 is 8.32 Å². The van der Waals surface area contributed by atoms with E-state index in [4.69, 9.17) is 10.8 Å². The fourth-order valence-corrected chi connectivity index (χ4v) is 2.40. The molecule has 0 amide bonds. The molecule has 0 saturated heterocycles. The van der Waals surface area contributed by atoms with Gasteiger partial charge in [-0.15, -0.1) is 12.3 Å². The van der Waals surface area contributed by atoms with Gasteiger partial charge in [0.05, 0.1) is 12.7 Å². The second kappa shape index (κ2) is 5.69. The number of hydrogen-bond acceptors (Lipinski definition) is 2. The highest BCUT2D eigenvalue weighted by Gasteiger charge is 2.38. The summed E-state index contributed by atoms with van der Waals surface area (Å²) in [7, 11) is -1.77. The van der Waals surface area contributed by atoms with Gasteiger partial charge in [-0.05, 0) is 24.6 Å². The molecule has 0 aliphatic rings. The Kier molecular flexibility index (Phi) is 5.58. The lowest BCUT2D eigenvalue weighted by Crippen LogP contribution is -2.44. The molecule has 0 aliphatic carbocycles. The number of aliphatic hydroxyl groups is 1. The standard InChI is InChI=1S/C12H24O2Si/c1-7-8-9-11(10-13)14-15(5,6)12(2,3)4/h1,11,13H,8-10H2,2-6H3/t11-/m1/s1. The molecule has 0 aromatic heterocycles. The van der Waals surface area contributed by atoms with Crippen molar-refractivity contribution in [3.63, 3.8) is 0 Å². The summed E-state index contributed by atoms with van der Waals surface area (Å²) in [6.07, 6.45) is 6.53. The smallest absolute Gasteiger partial charge is 0.192 e. The molecule has 0 aromatic carbocycles. The van der Waals surface area contributed by atoms with E-state index in [9.17, 15) is 5.11 Å². The van der Waals surface area contributed by atoms with Gasteiger partial charge in [-0.25, -0.2) is 0 Å². The van der Waals surface area contributed by atoms with Gasteiger partial charge in [-0.2, -0.15) is 0 Å². The largest absolute Gasteiger partial charge is 0.412 e. The molecule has 0 bridgehead atoms. The fourth-order valence-electron chi connectivity index (χ4n) is 1.03. The van der Waals surface area contributed by atoms with Crippen molar-refractivity contribution in [2.24, 2.45) is 0 Å². The molecule has 0 spiro atoms. The molecule has 0 heterocycles. The Balaban J connectivity index is 4.35. The van der Waals surface area contributed by atoms with Crippen LogP contribution in [0.1, 0.15) is 33.6 Å². The Hall–Kier alpha value is -0.303. The van der Waals surface area contributed by atoms with E-state index in [1.54, 1.807) is 0 Å². The SMILES string of the molecule is C#CCC[C@H](CO)O[Si](C)(C)C(C)(C)C. The van der Waals surface area contributed by atoms with Gasteiger partial charge in [0.2, 0.25) is 0 Å². The van der Waals surface area contributed by atoms with Crippen LogP contribution < -0.4 is 0 Å². The molecule has 0 radical (unpaired) electrons. The molecule has 0 rings (SSSR count). The van der Waals surface area contributed by atoms with Crippen molar-refractivity contribution >= 4 is 8.32 Å². The molecule has 1 N–H and O–H groups in total. The number of rotatable bonds is 5. The molecule has 1 atom stereocenters. The van der Waals surface area contributed by atoms with Crippen LogP contribution >= 0.6 is 0 Å². The third kappa shape index (κ3) is 4.83. The van der Waals surface area contributed by atoms with Gasteiger partial charge in [0.25, 0.3) is 0 Å². The molecule has 2 nitrogen and oxygen atoms in total. The highest BCUT2D eigenvalue weighted by atomic mass is 28.4.